The first-order chi connectivity index (χ1) is 10.4. The number of aromatic hydroxyl groups is 1. The Morgan fingerprint density at radius 1 is 1.00 bits per heavy atom. The van der Waals surface area contributed by atoms with Crippen molar-refractivity contribution in [1.82, 2.24) is 10.9 Å². The van der Waals surface area contributed by atoms with Gasteiger partial charge in [0.15, 0.2) is 0 Å². The summed E-state index contributed by atoms with van der Waals surface area (Å²) in [6, 6.07) is 9.14. The number of para-hydroxylation sites is 1. The molecule has 5 nitrogen and oxygen atoms in total. The Morgan fingerprint density at radius 2 is 1.64 bits per heavy atom. The number of phenols is 1. The van der Waals surface area contributed by atoms with Gasteiger partial charge in [-0.15, -0.1) is 0 Å². The number of amides is 2. The summed E-state index contributed by atoms with van der Waals surface area (Å²) in [6.07, 6.45) is 0. The van der Waals surface area contributed by atoms with Gasteiger partial charge < -0.3 is 5.11 Å². The zero-order valence-corrected chi connectivity index (χ0v) is 13.0. The molecule has 0 atom stereocenters. The van der Waals surface area contributed by atoms with Crippen LogP contribution in [-0.2, 0) is 0 Å². The van der Waals surface area contributed by atoms with E-state index >= 15 is 0 Å². The molecule has 0 radical (unpaired) electrons. The average molecular weight is 339 g/mol. The quantitative estimate of drug-likeness (QED) is 0.736. The van der Waals surface area contributed by atoms with Crippen LogP contribution in [0.1, 0.15) is 26.3 Å². The molecule has 7 heteroatoms. The highest BCUT2D eigenvalue weighted by atomic mass is 35.5. The van der Waals surface area contributed by atoms with Crippen molar-refractivity contribution in [1.29, 1.82) is 0 Å². The van der Waals surface area contributed by atoms with E-state index in [1.165, 1.54) is 18.2 Å². The van der Waals surface area contributed by atoms with Gasteiger partial charge in [-0.2, -0.15) is 0 Å². The minimum Gasteiger partial charge on any atom is -0.507 e. The second-order valence-electron chi connectivity index (χ2n) is 4.50. The third kappa shape index (κ3) is 3.50. The van der Waals surface area contributed by atoms with Crippen LogP contribution in [0.15, 0.2) is 36.4 Å². The van der Waals surface area contributed by atoms with Crippen molar-refractivity contribution in [2.45, 2.75) is 6.92 Å². The second kappa shape index (κ2) is 6.68. The monoisotopic (exact) mass is 338 g/mol. The molecule has 3 N–H and O–H groups in total. The van der Waals surface area contributed by atoms with Gasteiger partial charge in [-0.05, 0) is 36.8 Å². The highest BCUT2D eigenvalue weighted by Crippen LogP contribution is 2.22. The Morgan fingerprint density at radius 3 is 2.32 bits per heavy atom. The largest absolute Gasteiger partial charge is 0.507 e. The van der Waals surface area contributed by atoms with E-state index in [4.69, 9.17) is 23.2 Å². The number of hydrazine groups is 1. The molecule has 0 aliphatic heterocycles. The Kier molecular flexibility index (Phi) is 4.90. The fraction of sp³-hybridized carbons (Fsp3) is 0.0667. The summed E-state index contributed by atoms with van der Waals surface area (Å²) in [6.45, 7) is 1.66. The van der Waals surface area contributed by atoms with Crippen LogP contribution in [0.3, 0.4) is 0 Å². The van der Waals surface area contributed by atoms with Gasteiger partial charge in [-0.1, -0.05) is 35.3 Å². The Balaban J connectivity index is 2.09. The molecule has 2 amide bonds. The fourth-order valence-electron chi connectivity index (χ4n) is 1.76. The Bertz CT molecular complexity index is 734. The van der Waals surface area contributed by atoms with Crippen LogP contribution in [0, 0.1) is 6.92 Å². The molecule has 114 valence electrons. The van der Waals surface area contributed by atoms with E-state index < -0.39 is 11.8 Å². The molecule has 0 saturated carbocycles. The fourth-order valence-corrected chi connectivity index (χ4v) is 2.14. The molecule has 2 aromatic carbocycles. The van der Waals surface area contributed by atoms with E-state index in [0.29, 0.717) is 10.6 Å². The number of benzene rings is 2. The Hall–Kier alpha value is -2.24. The molecule has 0 fully saturated rings. The predicted molar refractivity (Wildman–Crippen MR) is 84.2 cm³/mol. The first-order valence-corrected chi connectivity index (χ1v) is 7.00. The lowest BCUT2D eigenvalue weighted by atomic mass is 10.1. The van der Waals surface area contributed by atoms with Gasteiger partial charge in [0.1, 0.15) is 5.75 Å². The molecule has 2 rings (SSSR count). The third-order valence-electron chi connectivity index (χ3n) is 2.94. The zero-order valence-electron chi connectivity index (χ0n) is 11.5. The molecule has 0 bridgehead atoms. The summed E-state index contributed by atoms with van der Waals surface area (Å²) in [5, 5.41) is 10.4. The normalized spacial score (nSPS) is 10.1. The number of aryl methyl sites for hydroxylation is 1. The van der Waals surface area contributed by atoms with Crippen molar-refractivity contribution in [2.75, 3.05) is 0 Å². The number of rotatable bonds is 2. The van der Waals surface area contributed by atoms with E-state index in [-0.39, 0.29) is 21.9 Å². The maximum atomic E-state index is 12.0. The first-order valence-electron chi connectivity index (χ1n) is 6.24. The predicted octanol–water partition coefficient (Wildman–Crippen LogP) is 3.08. The minimum atomic E-state index is -0.646. The Labute approximate surface area is 136 Å². The van der Waals surface area contributed by atoms with Crippen LogP contribution in [0.4, 0.5) is 0 Å². The van der Waals surface area contributed by atoms with Crippen molar-refractivity contribution in [3.8, 4) is 5.75 Å². The number of hydrogen-bond donors (Lipinski definition) is 3. The molecule has 0 unspecified atom stereocenters. The van der Waals surface area contributed by atoms with Gasteiger partial charge >= 0.3 is 0 Å². The number of phenolic OH excluding ortho intramolecular Hbond substituents is 1. The van der Waals surface area contributed by atoms with E-state index in [9.17, 15) is 14.7 Å². The summed E-state index contributed by atoms with van der Waals surface area (Å²) in [7, 11) is 0. The van der Waals surface area contributed by atoms with Crippen LogP contribution in [0.25, 0.3) is 0 Å². The maximum Gasteiger partial charge on any atom is 0.273 e. The van der Waals surface area contributed by atoms with Crippen LogP contribution >= 0.6 is 23.2 Å². The third-order valence-corrected chi connectivity index (χ3v) is 3.51. The zero-order chi connectivity index (χ0) is 16.3. The van der Waals surface area contributed by atoms with E-state index in [1.54, 1.807) is 25.1 Å². The highest BCUT2D eigenvalue weighted by Gasteiger charge is 2.15. The van der Waals surface area contributed by atoms with E-state index in [2.05, 4.69) is 10.9 Å². The molecule has 0 aromatic heterocycles. The molecular formula is C15H12Cl2N2O3. The molecular weight excluding hydrogens is 327 g/mol. The summed E-state index contributed by atoms with van der Waals surface area (Å²) < 4.78 is 0. The van der Waals surface area contributed by atoms with Gasteiger partial charge in [-0.3, -0.25) is 20.4 Å². The summed E-state index contributed by atoms with van der Waals surface area (Å²) >= 11 is 11.7. The van der Waals surface area contributed by atoms with Gasteiger partial charge in [0.05, 0.1) is 16.1 Å². The first kappa shape index (κ1) is 16.1. The molecule has 0 saturated heterocycles. The standard InChI is InChI=1S/C15H12Cl2N2O3/c1-8-3-2-4-10(13(8)20)14(21)18-19-15(22)11-7-9(16)5-6-12(11)17/h2-7,20H,1H3,(H,18,21)(H,19,22). The van der Waals surface area contributed by atoms with Crippen molar-refractivity contribution < 1.29 is 14.7 Å². The molecule has 0 spiro atoms. The molecule has 0 heterocycles. The van der Waals surface area contributed by atoms with Crippen LogP contribution in [0.2, 0.25) is 10.0 Å². The topological polar surface area (TPSA) is 78.4 Å². The molecule has 0 aliphatic carbocycles. The van der Waals surface area contributed by atoms with Crippen LogP contribution in [-0.4, -0.2) is 16.9 Å². The van der Waals surface area contributed by atoms with Crippen molar-refractivity contribution in [3.63, 3.8) is 0 Å². The average Bonchev–Trinajstić information content (AvgIpc) is 2.49. The minimum absolute atomic E-state index is 0.0532. The number of halogens is 2. The highest BCUT2D eigenvalue weighted by molar-refractivity contribution is 6.35. The van der Waals surface area contributed by atoms with Crippen molar-refractivity contribution >= 4 is 35.0 Å². The van der Waals surface area contributed by atoms with Gasteiger partial charge in [-0.25, -0.2) is 0 Å². The van der Waals surface area contributed by atoms with Gasteiger partial charge in [0.25, 0.3) is 11.8 Å². The smallest absolute Gasteiger partial charge is 0.273 e. The lowest BCUT2D eigenvalue weighted by Crippen LogP contribution is -2.41. The number of carbonyl (C=O) groups is 2. The lowest BCUT2D eigenvalue weighted by molar-refractivity contribution is 0.0845. The SMILES string of the molecule is Cc1cccc(C(=O)NNC(=O)c2cc(Cl)ccc2Cl)c1O. The van der Waals surface area contributed by atoms with Gasteiger partial charge in [0, 0.05) is 5.02 Å². The van der Waals surface area contributed by atoms with Crippen LogP contribution in [0.5, 0.6) is 5.75 Å². The maximum absolute atomic E-state index is 12.0. The van der Waals surface area contributed by atoms with Crippen LogP contribution < -0.4 is 10.9 Å². The summed E-state index contributed by atoms with van der Waals surface area (Å²) in [5.41, 5.74) is 5.16. The van der Waals surface area contributed by atoms with E-state index in [0.717, 1.165) is 0 Å². The van der Waals surface area contributed by atoms with Crippen molar-refractivity contribution in [3.05, 3.63) is 63.1 Å². The molecule has 22 heavy (non-hydrogen) atoms. The molecule has 0 aliphatic rings. The summed E-state index contributed by atoms with van der Waals surface area (Å²) in [5.74, 6) is -1.41. The lowest BCUT2D eigenvalue weighted by Gasteiger charge is -2.10. The molecule has 2 aromatic rings. The van der Waals surface area contributed by atoms with Crippen molar-refractivity contribution in [2.24, 2.45) is 0 Å². The van der Waals surface area contributed by atoms with E-state index in [1.807, 2.05) is 0 Å². The number of carbonyl (C=O) groups excluding carboxylic acids is 2. The number of nitrogens with one attached hydrogen (secondary N) is 2. The van der Waals surface area contributed by atoms with Gasteiger partial charge in [0.2, 0.25) is 0 Å². The number of hydrogen-bond acceptors (Lipinski definition) is 3. The summed E-state index contributed by atoms with van der Waals surface area (Å²) in [4.78, 5) is 23.9. The second-order valence-corrected chi connectivity index (χ2v) is 5.35.